The summed E-state index contributed by atoms with van der Waals surface area (Å²) in [5, 5.41) is 11.3. The third-order valence-corrected chi connectivity index (χ3v) is 4.04. The summed E-state index contributed by atoms with van der Waals surface area (Å²) in [5.74, 6) is 1.58. The molecule has 1 N–H and O–H groups in total. The Balaban J connectivity index is 1.81. The summed E-state index contributed by atoms with van der Waals surface area (Å²) in [7, 11) is 0. The van der Waals surface area contributed by atoms with Gasteiger partial charge in [0.1, 0.15) is 11.5 Å². The van der Waals surface area contributed by atoms with Gasteiger partial charge in [0.2, 0.25) is 0 Å². The molecule has 0 bridgehead atoms. The van der Waals surface area contributed by atoms with Crippen LogP contribution in [0, 0.1) is 20.8 Å². The predicted octanol–water partition coefficient (Wildman–Crippen LogP) is 1.86. The van der Waals surface area contributed by atoms with Gasteiger partial charge in [-0.15, -0.1) is 10.2 Å². The van der Waals surface area contributed by atoms with Crippen molar-refractivity contribution in [2.75, 3.05) is 0 Å². The molecule has 6 nitrogen and oxygen atoms in total. The smallest absolute Gasteiger partial charge is 0.270 e. The lowest BCUT2D eigenvalue weighted by molar-refractivity contribution is 0.0922. The average molecular weight is 285 g/mol. The number of amides is 1. The fourth-order valence-electron chi connectivity index (χ4n) is 2.64. The van der Waals surface area contributed by atoms with Crippen molar-refractivity contribution in [1.82, 2.24) is 25.1 Å². The largest absolute Gasteiger partial charge is 0.341 e. The van der Waals surface area contributed by atoms with Crippen LogP contribution in [-0.4, -0.2) is 25.7 Å². The number of fused-ring (bicyclic) bond motifs is 1. The maximum Gasteiger partial charge on any atom is 0.270 e. The van der Waals surface area contributed by atoms with Crippen LogP contribution in [0.5, 0.6) is 0 Å². The van der Waals surface area contributed by atoms with E-state index in [1.807, 2.05) is 26.8 Å². The first-order chi connectivity index (χ1) is 10.1. The highest BCUT2D eigenvalue weighted by Crippen LogP contribution is 2.24. The van der Waals surface area contributed by atoms with Gasteiger partial charge in [-0.2, -0.15) is 0 Å². The van der Waals surface area contributed by atoms with Crippen molar-refractivity contribution in [1.29, 1.82) is 0 Å². The van der Waals surface area contributed by atoms with Gasteiger partial charge in [0.05, 0.1) is 6.04 Å². The number of rotatable bonds is 2. The molecular formula is C15H19N5O. The molecule has 21 heavy (non-hydrogen) atoms. The fourth-order valence-corrected chi connectivity index (χ4v) is 2.64. The third kappa shape index (κ3) is 2.53. The second-order valence-corrected chi connectivity index (χ2v) is 5.52. The van der Waals surface area contributed by atoms with Crippen LogP contribution in [-0.2, 0) is 6.54 Å². The van der Waals surface area contributed by atoms with Crippen molar-refractivity contribution in [3.8, 4) is 0 Å². The van der Waals surface area contributed by atoms with Crippen molar-refractivity contribution in [3.05, 3.63) is 40.7 Å². The summed E-state index contributed by atoms with van der Waals surface area (Å²) in [5.41, 5.74) is 2.41. The van der Waals surface area contributed by atoms with Crippen LogP contribution in [0.3, 0.4) is 0 Å². The van der Waals surface area contributed by atoms with Crippen LogP contribution < -0.4 is 5.32 Å². The van der Waals surface area contributed by atoms with E-state index in [0.29, 0.717) is 5.69 Å². The van der Waals surface area contributed by atoms with E-state index in [1.54, 1.807) is 6.07 Å². The summed E-state index contributed by atoms with van der Waals surface area (Å²) in [6.07, 6.45) is 1.89. The molecule has 1 atom stereocenters. The average Bonchev–Trinajstić information content (AvgIpc) is 2.85. The van der Waals surface area contributed by atoms with Crippen molar-refractivity contribution in [2.45, 2.75) is 46.2 Å². The minimum absolute atomic E-state index is 0.0872. The number of hydrogen-bond acceptors (Lipinski definition) is 4. The van der Waals surface area contributed by atoms with Gasteiger partial charge in [-0.05, 0) is 45.2 Å². The lowest BCUT2D eigenvalue weighted by atomic mass is 10.1. The Morgan fingerprint density at radius 2 is 2.10 bits per heavy atom. The monoisotopic (exact) mass is 285 g/mol. The molecule has 2 aromatic heterocycles. The van der Waals surface area contributed by atoms with Gasteiger partial charge in [0.25, 0.3) is 5.91 Å². The molecule has 0 aliphatic carbocycles. The molecule has 110 valence electrons. The highest BCUT2D eigenvalue weighted by atomic mass is 16.1. The van der Waals surface area contributed by atoms with Gasteiger partial charge in [-0.25, -0.2) is 4.98 Å². The molecule has 0 aromatic carbocycles. The van der Waals surface area contributed by atoms with Gasteiger partial charge < -0.3 is 9.88 Å². The summed E-state index contributed by atoms with van der Waals surface area (Å²) in [6, 6.07) is 3.59. The second kappa shape index (κ2) is 5.27. The number of carbonyl (C=O) groups is 1. The molecule has 0 radical (unpaired) electrons. The van der Waals surface area contributed by atoms with Gasteiger partial charge in [0, 0.05) is 12.2 Å². The van der Waals surface area contributed by atoms with Gasteiger partial charge in [-0.3, -0.25) is 4.79 Å². The Morgan fingerprint density at radius 1 is 1.29 bits per heavy atom. The van der Waals surface area contributed by atoms with Crippen LogP contribution in [0.15, 0.2) is 12.1 Å². The van der Waals surface area contributed by atoms with Gasteiger partial charge >= 0.3 is 0 Å². The maximum absolute atomic E-state index is 12.4. The molecule has 2 aromatic rings. The Hall–Kier alpha value is -2.24. The summed E-state index contributed by atoms with van der Waals surface area (Å²) in [6.45, 7) is 6.75. The molecule has 0 spiro atoms. The van der Waals surface area contributed by atoms with E-state index in [9.17, 15) is 4.79 Å². The van der Waals surface area contributed by atoms with Crippen LogP contribution in [0.25, 0.3) is 0 Å². The minimum atomic E-state index is -0.155. The zero-order valence-corrected chi connectivity index (χ0v) is 12.6. The molecule has 3 heterocycles. The summed E-state index contributed by atoms with van der Waals surface area (Å²) >= 11 is 0. The lowest BCUT2D eigenvalue weighted by Crippen LogP contribution is -2.33. The molecule has 6 heteroatoms. The molecule has 1 aliphatic rings. The van der Waals surface area contributed by atoms with E-state index < -0.39 is 0 Å². The standard InChI is InChI=1S/C15H19N5O/c1-9-6-7-13(16-10(9)2)15(21)17-12-5-4-8-20-11(3)18-19-14(12)20/h6-7,12H,4-5,8H2,1-3H3,(H,17,21). The van der Waals surface area contributed by atoms with E-state index in [1.165, 1.54) is 0 Å². The third-order valence-electron chi connectivity index (χ3n) is 4.04. The lowest BCUT2D eigenvalue weighted by Gasteiger charge is -2.24. The molecule has 0 saturated carbocycles. The number of aromatic nitrogens is 4. The van der Waals surface area contributed by atoms with Crippen LogP contribution >= 0.6 is 0 Å². The molecular weight excluding hydrogens is 266 g/mol. The first kappa shape index (κ1) is 13.7. The molecule has 1 unspecified atom stereocenters. The van der Waals surface area contributed by atoms with Crippen molar-refractivity contribution < 1.29 is 4.79 Å². The number of nitrogens with one attached hydrogen (secondary N) is 1. The molecule has 1 aliphatic heterocycles. The predicted molar refractivity (Wildman–Crippen MR) is 77.9 cm³/mol. The number of hydrogen-bond donors (Lipinski definition) is 1. The van der Waals surface area contributed by atoms with Crippen molar-refractivity contribution in [2.24, 2.45) is 0 Å². The normalized spacial score (nSPS) is 17.4. The number of pyridine rings is 1. The minimum Gasteiger partial charge on any atom is -0.341 e. The van der Waals surface area contributed by atoms with Crippen LogP contribution in [0.4, 0.5) is 0 Å². The van der Waals surface area contributed by atoms with E-state index in [2.05, 4.69) is 25.1 Å². The zero-order chi connectivity index (χ0) is 15.0. The Kier molecular flexibility index (Phi) is 3.45. The van der Waals surface area contributed by atoms with Crippen LogP contribution in [0.1, 0.15) is 52.3 Å². The van der Waals surface area contributed by atoms with E-state index in [-0.39, 0.29) is 11.9 Å². The first-order valence-corrected chi connectivity index (χ1v) is 7.21. The van der Waals surface area contributed by atoms with Gasteiger partial charge in [0.15, 0.2) is 5.82 Å². The highest BCUT2D eigenvalue weighted by molar-refractivity contribution is 5.92. The molecule has 0 saturated heterocycles. The highest BCUT2D eigenvalue weighted by Gasteiger charge is 2.26. The first-order valence-electron chi connectivity index (χ1n) is 7.21. The Morgan fingerprint density at radius 3 is 2.86 bits per heavy atom. The molecule has 1 amide bonds. The number of aryl methyl sites for hydroxylation is 3. The maximum atomic E-state index is 12.4. The Bertz CT molecular complexity index is 691. The zero-order valence-electron chi connectivity index (χ0n) is 12.6. The topological polar surface area (TPSA) is 72.7 Å². The van der Waals surface area contributed by atoms with Crippen molar-refractivity contribution in [3.63, 3.8) is 0 Å². The Labute approximate surface area is 123 Å². The molecule has 0 fully saturated rings. The number of nitrogens with zero attached hydrogens (tertiary/aromatic N) is 4. The van der Waals surface area contributed by atoms with Crippen LogP contribution in [0.2, 0.25) is 0 Å². The van der Waals surface area contributed by atoms with Gasteiger partial charge in [-0.1, -0.05) is 6.07 Å². The second-order valence-electron chi connectivity index (χ2n) is 5.52. The summed E-state index contributed by atoms with van der Waals surface area (Å²) < 4.78 is 2.07. The summed E-state index contributed by atoms with van der Waals surface area (Å²) in [4.78, 5) is 16.7. The van der Waals surface area contributed by atoms with E-state index >= 15 is 0 Å². The number of carbonyl (C=O) groups excluding carboxylic acids is 1. The van der Waals surface area contributed by atoms with Crippen molar-refractivity contribution >= 4 is 5.91 Å². The fraction of sp³-hybridized carbons (Fsp3) is 0.467. The van der Waals surface area contributed by atoms with E-state index in [4.69, 9.17) is 0 Å². The quantitative estimate of drug-likeness (QED) is 0.914. The SMILES string of the molecule is Cc1ccc(C(=O)NC2CCCn3c(C)nnc32)nc1C. The molecule has 3 rings (SSSR count). The van der Waals surface area contributed by atoms with E-state index in [0.717, 1.165) is 42.3 Å².